The maximum atomic E-state index is 12.4. The largest absolute Gasteiger partial charge is 0.372 e. The second kappa shape index (κ2) is 7.61. The average molecular weight is 340 g/mol. The van der Waals surface area contributed by atoms with Crippen molar-refractivity contribution in [2.45, 2.75) is 39.0 Å². The number of pyridine rings is 2. The first kappa shape index (κ1) is 17.4. The van der Waals surface area contributed by atoms with E-state index in [2.05, 4.69) is 34.0 Å². The highest BCUT2D eigenvalue weighted by atomic mass is 16.5. The fourth-order valence-electron chi connectivity index (χ4n) is 3.06. The van der Waals surface area contributed by atoms with E-state index in [9.17, 15) is 4.79 Å². The van der Waals surface area contributed by atoms with Crippen LogP contribution >= 0.6 is 0 Å². The molecule has 1 fully saturated rings. The van der Waals surface area contributed by atoms with Crippen LogP contribution in [0.25, 0.3) is 0 Å². The van der Waals surface area contributed by atoms with Crippen molar-refractivity contribution in [1.82, 2.24) is 15.3 Å². The lowest BCUT2D eigenvalue weighted by molar-refractivity contribution is -0.00546. The Balaban J connectivity index is 1.64. The number of carbonyl (C=O) groups excluding carboxylic acids is 1. The minimum atomic E-state index is -0.158. The lowest BCUT2D eigenvalue weighted by atomic mass is 10.2. The first-order valence-corrected chi connectivity index (χ1v) is 8.61. The third-order valence-corrected chi connectivity index (χ3v) is 4.23. The van der Waals surface area contributed by atoms with Crippen LogP contribution in [0.4, 0.5) is 5.82 Å². The number of rotatable bonds is 4. The number of carbonyl (C=O) groups is 1. The molecule has 1 saturated heterocycles. The zero-order valence-corrected chi connectivity index (χ0v) is 14.8. The number of nitrogens with one attached hydrogen (secondary N) is 1. The van der Waals surface area contributed by atoms with Crippen LogP contribution in [-0.4, -0.2) is 41.2 Å². The number of morpholine rings is 1. The number of nitrogens with zero attached hydrogens (tertiary/aromatic N) is 3. The van der Waals surface area contributed by atoms with Gasteiger partial charge in [0.05, 0.1) is 29.5 Å². The maximum Gasteiger partial charge on any atom is 0.253 e. The SMILES string of the molecule is CC1CN(c2ccc(C(=O)NC(C)c3ccccn3)cn2)CC(C)O1. The minimum Gasteiger partial charge on any atom is -0.372 e. The van der Waals surface area contributed by atoms with Crippen LogP contribution in [0.3, 0.4) is 0 Å². The standard InChI is InChI=1S/C19H24N4O2/c1-13-11-23(12-14(2)25-13)18-8-7-16(10-21-18)19(24)22-15(3)17-6-4-5-9-20-17/h4-10,13-15H,11-12H2,1-3H3,(H,22,24). The zero-order chi connectivity index (χ0) is 17.8. The summed E-state index contributed by atoms with van der Waals surface area (Å²) in [5, 5.41) is 2.95. The fourth-order valence-corrected chi connectivity index (χ4v) is 3.06. The predicted molar refractivity (Wildman–Crippen MR) is 96.6 cm³/mol. The molecule has 132 valence electrons. The van der Waals surface area contributed by atoms with E-state index in [-0.39, 0.29) is 24.2 Å². The first-order valence-electron chi connectivity index (χ1n) is 8.61. The Kier molecular flexibility index (Phi) is 5.28. The molecule has 3 rings (SSSR count). The highest BCUT2D eigenvalue weighted by Crippen LogP contribution is 2.18. The molecule has 2 aromatic heterocycles. The van der Waals surface area contributed by atoms with Gasteiger partial charge in [0.1, 0.15) is 5.82 Å². The van der Waals surface area contributed by atoms with Gasteiger partial charge < -0.3 is 15.0 Å². The monoisotopic (exact) mass is 340 g/mol. The molecule has 1 N–H and O–H groups in total. The second-order valence-corrected chi connectivity index (χ2v) is 6.52. The van der Waals surface area contributed by atoms with E-state index in [0.29, 0.717) is 5.56 Å². The number of hydrogen-bond acceptors (Lipinski definition) is 5. The smallest absolute Gasteiger partial charge is 0.253 e. The second-order valence-electron chi connectivity index (χ2n) is 6.52. The van der Waals surface area contributed by atoms with Crippen LogP contribution < -0.4 is 10.2 Å². The van der Waals surface area contributed by atoms with Crippen molar-refractivity contribution in [3.8, 4) is 0 Å². The molecule has 2 aromatic rings. The molecule has 3 heterocycles. The Morgan fingerprint density at radius 1 is 1.20 bits per heavy atom. The van der Waals surface area contributed by atoms with Gasteiger partial charge in [-0.1, -0.05) is 6.07 Å². The van der Waals surface area contributed by atoms with E-state index in [0.717, 1.165) is 24.6 Å². The van der Waals surface area contributed by atoms with Crippen molar-refractivity contribution >= 4 is 11.7 Å². The molecule has 0 spiro atoms. The Hall–Kier alpha value is -2.47. The third kappa shape index (κ3) is 4.33. The summed E-state index contributed by atoms with van der Waals surface area (Å²) >= 11 is 0. The van der Waals surface area contributed by atoms with Gasteiger partial charge >= 0.3 is 0 Å². The molecule has 1 aliphatic heterocycles. The van der Waals surface area contributed by atoms with Crippen molar-refractivity contribution in [3.05, 3.63) is 54.0 Å². The van der Waals surface area contributed by atoms with Gasteiger partial charge in [-0.15, -0.1) is 0 Å². The summed E-state index contributed by atoms with van der Waals surface area (Å²) in [5.74, 6) is 0.720. The Morgan fingerprint density at radius 2 is 1.96 bits per heavy atom. The topological polar surface area (TPSA) is 67.4 Å². The summed E-state index contributed by atoms with van der Waals surface area (Å²) in [6.07, 6.45) is 3.69. The summed E-state index contributed by atoms with van der Waals surface area (Å²) in [5.41, 5.74) is 1.37. The number of aromatic nitrogens is 2. The van der Waals surface area contributed by atoms with Gasteiger partial charge in [0.15, 0.2) is 0 Å². The molecule has 6 nitrogen and oxygen atoms in total. The van der Waals surface area contributed by atoms with Crippen LogP contribution in [-0.2, 0) is 4.74 Å². The number of hydrogen-bond donors (Lipinski definition) is 1. The van der Waals surface area contributed by atoms with Crippen molar-refractivity contribution in [3.63, 3.8) is 0 Å². The fraction of sp³-hybridized carbons (Fsp3) is 0.421. The molecule has 0 saturated carbocycles. The van der Waals surface area contributed by atoms with Crippen molar-refractivity contribution in [1.29, 1.82) is 0 Å². The van der Waals surface area contributed by atoms with Gasteiger partial charge in [-0.3, -0.25) is 9.78 Å². The molecule has 0 aromatic carbocycles. The lowest BCUT2D eigenvalue weighted by Gasteiger charge is -2.36. The quantitative estimate of drug-likeness (QED) is 0.926. The third-order valence-electron chi connectivity index (χ3n) is 4.23. The lowest BCUT2D eigenvalue weighted by Crippen LogP contribution is -2.45. The average Bonchev–Trinajstić information content (AvgIpc) is 2.61. The molecule has 0 bridgehead atoms. The molecule has 6 heteroatoms. The van der Waals surface area contributed by atoms with Crippen LogP contribution in [0.2, 0.25) is 0 Å². The molecular formula is C19H24N4O2. The van der Waals surface area contributed by atoms with Gasteiger partial charge in [0, 0.05) is 25.5 Å². The molecular weight excluding hydrogens is 316 g/mol. The molecule has 1 amide bonds. The molecule has 25 heavy (non-hydrogen) atoms. The van der Waals surface area contributed by atoms with Crippen LogP contribution in [0.15, 0.2) is 42.7 Å². The van der Waals surface area contributed by atoms with Crippen LogP contribution in [0.1, 0.15) is 42.9 Å². The van der Waals surface area contributed by atoms with Gasteiger partial charge in [-0.25, -0.2) is 4.98 Å². The van der Waals surface area contributed by atoms with E-state index in [1.165, 1.54) is 0 Å². The predicted octanol–water partition coefficient (Wildman–Crippen LogP) is 2.58. The Bertz CT molecular complexity index is 695. The number of anilines is 1. The number of ether oxygens (including phenoxy) is 1. The zero-order valence-electron chi connectivity index (χ0n) is 14.8. The van der Waals surface area contributed by atoms with Crippen LogP contribution in [0, 0.1) is 0 Å². The van der Waals surface area contributed by atoms with Crippen molar-refractivity contribution < 1.29 is 9.53 Å². The summed E-state index contributed by atoms with van der Waals surface area (Å²) in [6, 6.07) is 9.21. The molecule has 3 unspecified atom stereocenters. The molecule has 1 aliphatic rings. The van der Waals surface area contributed by atoms with E-state index < -0.39 is 0 Å². The van der Waals surface area contributed by atoms with Gasteiger partial charge in [-0.05, 0) is 45.0 Å². The summed E-state index contributed by atoms with van der Waals surface area (Å²) in [6.45, 7) is 7.64. The summed E-state index contributed by atoms with van der Waals surface area (Å²) < 4.78 is 5.75. The molecule has 0 aliphatic carbocycles. The molecule has 0 radical (unpaired) electrons. The van der Waals surface area contributed by atoms with Gasteiger partial charge in [-0.2, -0.15) is 0 Å². The maximum absolute atomic E-state index is 12.4. The van der Waals surface area contributed by atoms with Crippen molar-refractivity contribution in [2.75, 3.05) is 18.0 Å². The van der Waals surface area contributed by atoms with Crippen LogP contribution in [0.5, 0.6) is 0 Å². The van der Waals surface area contributed by atoms with E-state index in [1.54, 1.807) is 12.4 Å². The summed E-state index contributed by atoms with van der Waals surface area (Å²) in [4.78, 5) is 23.3. The molecule has 3 atom stereocenters. The highest BCUT2D eigenvalue weighted by molar-refractivity contribution is 5.94. The van der Waals surface area contributed by atoms with E-state index >= 15 is 0 Å². The van der Waals surface area contributed by atoms with Crippen molar-refractivity contribution in [2.24, 2.45) is 0 Å². The van der Waals surface area contributed by atoms with Gasteiger partial charge in [0.2, 0.25) is 0 Å². The first-order chi connectivity index (χ1) is 12.0. The Morgan fingerprint density at radius 3 is 2.56 bits per heavy atom. The summed E-state index contributed by atoms with van der Waals surface area (Å²) in [7, 11) is 0. The van der Waals surface area contributed by atoms with E-state index in [1.807, 2.05) is 37.3 Å². The Labute approximate surface area is 148 Å². The minimum absolute atomic E-state index is 0.152. The normalized spacial score (nSPS) is 21.6. The number of amides is 1. The highest BCUT2D eigenvalue weighted by Gasteiger charge is 2.23. The van der Waals surface area contributed by atoms with Gasteiger partial charge in [0.25, 0.3) is 5.91 Å². The van der Waals surface area contributed by atoms with E-state index in [4.69, 9.17) is 4.74 Å².